The van der Waals surface area contributed by atoms with Gasteiger partial charge in [0.05, 0.1) is 12.6 Å². The summed E-state index contributed by atoms with van der Waals surface area (Å²) >= 11 is 0. The van der Waals surface area contributed by atoms with Crippen molar-refractivity contribution in [3.05, 3.63) is 23.9 Å². The van der Waals surface area contributed by atoms with E-state index in [0.717, 1.165) is 24.5 Å². The lowest BCUT2D eigenvalue weighted by atomic mass is 10.2. The Morgan fingerprint density at radius 3 is 2.71 bits per heavy atom. The molecule has 0 spiro atoms. The second-order valence-electron chi connectivity index (χ2n) is 4.36. The highest BCUT2D eigenvalue weighted by Crippen LogP contribution is 2.17. The normalized spacial score (nSPS) is 18.4. The Morgan fingerprint density at radius 1 is 1.41 bits per heavy atom. The van der Waals surface area contributed by atoms with Crippen LogP contribution >= 0.6 is 0 Å². The summed E-state index contributed by atoms with van der Waals surface area (Å²) in [5.41, 5.74) is 0.786. The van der Waals surface area contributed by atoms with Gasteiger partial charge in [0.15, 0.2) is 0 Å². The molecule has 0 unspecified atom stereocenters. The molecule has 5 nitrogen and oxygen atoms in total. The molecule has 1 saturated heterocycles. The Labute approximate surface area is 101 Å². The van der Waals surface area contributed by atoms with E-state index in [1.54, 1.807) is 18.0 Å². The van der Waals surface area contributed by atoms with Crippen LogP contribution in [0.2, 0.25) is 0 Å². The molecule has 1 N–H and O–H groups in total. The zero-order chi connectivity index (χ0) is 12.4. The van der Waals surface area contributed by atoms with Crippen molar-refractivity contribution in [2.75, 3.05) is 31.6 Å². The maximum absolute atomic E-state index is 11.6. The van der Waals surface area contributed by atoms with Crippen LogP contribution in [0.5, 0.6) is 0 Å². The molecule has 0 aliphatic carbocycles. The molecule has 1 aliphatic heterocycles. The molecule has 0 saturated carbocycles. The Balaban J connectivity index is 2.10. The van der Waals surface area contributed by atoms with Crippen molar-refractivity contribution >= 4 is 11.7 Å². The predicted octanol–water partition coefficient (Wildman–Crippen LogP) is 0.413. The van der Waals surface area contributed by atoms with Gasteiger partial charge in [0.2, 0.25) is 5.91 Å². The van der Waals surface area contributed by atoms with Gasteiger partial charge in [-0.3, -0.25) is 4.79 Å². The molecule has 0 bridgehead atoms. The molecular weight excluding hydrogens is 218 g/mol. The van der Waals surface area contributed by atoms with Gasteiger partial charge in [-0.25, -0.2) is 4.98 Å². The van der Waals surface area contributed by atoms with Crippen LogP contribution in [0, 0.1) is 0 Å². The van der Waals surface area contributed by atoms with E-state index in [9.17, 15) is 9.90 Å². The van der Waals surface area contributed by atoms with E-state index >= 15 is 0 Å². The van der Waals surface area contributed by atoms with Crippen molar-refractivity contribution in [1.82, 2.24) is 9.88 Å². The molecule has 2 heterocycles. The van der Waals surface area contributed by atoms with Gasteiger partial charge in [0, 0.05) is 26.3 Å². The van der Waals surface area contributed by atoms with Crippen LogP contribution in [0.3, 0.4) is 0 Å². The topological polar surface area (TPSA) is 56.7 Å². The SMILES string of the molecule is C[C@H](O)c1ccc(N2CCN(C)C(=O)C2)nc1. The monoisotopic (exact) mass is 235 g/mol. The number of rotatable bonds is 2. The van der Waals surface area contributed by atoms with Crippen molar-refractivity contribution in [3.8, 4) is 0 Å². The first-order valence-corrected chi connectivity index (χ1v) is 5.71. The Bertz CT molecular complexity index is 403. The smallest absolute Gasteiger partial charge is 0.241 e. The fourth-order valence-electron chi connectivity index (χ4n) is 1.79. The van der Waals surface area contributed by atoms with Crippen molar-refractivity contribution < 1.29 is 9.90 Å². The highest BCUT2D eigenvalue weighted by Gasteiger charge is 2.21. The molecule has 1 amide bonds. The van der Waals surface area contributed by atoms with Crippen LogP contribution in [0.1, 0.15) is 18.6 Å². The number of aliphatic hydroxyl groups is 1. The maximum Gasteiger partial charge on any atom is 0.241 e. The summed E-state index contributed by atoms with van der Waals surface area (Å²) in [6.45, 7) is 3.59. The lowest BCUT2D eigenvalue weighted by molar-refractivity contribution is -0.129. The fraction of sp³-hybridized carbons (Fsp3) is 0.500. The fourth-order valence-corrected chi connectivity index (χ4v) is 1.79. The maximum atomic E-state index is 11.6. The van der Waals surface area contributed by atoms with Crippen LogP contribution in [0.4, 0.5) is 5.82 Å². The van der Waals surface area contributed by atoms with Gasteiger partial charge in [0.25, 0.3) is 0 Å². The minimum absolute atomic E-state index is 0.109. The van der Waals surface area contributed by atoms with Crippen molar-refractivity contribution in [3.63, 3.8) is 0 Å². The van der Waals surface area contributed by atoms with E-state index in [0.29, 0.717) is 6.54 Å². The van der Waals surface area contributed by atoms with E-state index in [1.807, 2.05) is 24.1 Å². The molecule has 17 heavy (non-hydrogen) atoms. The molecule has 0 radical (unpaired) electrons. The second kappa shape index (κ2) is 4.71. The summed E-state index contributed by atoms with van der Waals surface area (Å²) in [5, 5.41) is 9.39. The van der Waals surface area contributed by atoms with Gasteiger partial charge < -0.3 is 14.9 Å². The average Bonchev–Trinajstić information content (AvgIpc) is 2.33. The lowest BCUT2D eigenvalue weighted by Gasteiger charge is -2.32. The van der Waals surface area contributed by atoms with E-state index in [1.165, 1.54) is 0 Å². The summed E-state index contributed by atoms with van der Waals surface area (Å²) in [7, 11) is 1.81. The molecule has 1 aliphatic rings. The molecule has 1 aromatic heterocycles. The highest BCUT2D eigenvalue weighted by molar-refractivity contribution is 5.82. The number of carbonyl (C=O) groups is 1. The Morgan fingerprint density at radius 2 is 2.18 bits per heavy atom. The first kappa shape index (κ1) is 11.9. The average molecular weight is 235 g/mol. The summed E-state index contributed by atoms with van der Waals surface area (Å²) in [4.78, 5) is 19.5. The number of anilines is 1. The first-order chi connectivity index (χ1) is 8.08. The molecule has 1 aromatic rings. The van der Waals surface area contributed by atoms with Crippen LogP contribution in [0.15, 0.2) is 18.3 Å². The number of piperazine rings is 1. The van der Waals surface area contributed by atoms with Crippen molar-refractivity contribution in [1.29, 1.82) is 0 Å². The van der Waals surface area contributed by atoms with Crippen LogP contribution in [0.25, 0.3) is 0 Å². The standard InChI is InChI=1S/C12H17N3O2/c1-9(16)10-3-4-11(13-7-10)15-6-5-14(2)12(17)8-15/h3-4,7,9,16H,5-6,8H2,1-2H3/t9-/m0/s1. The van der Waals surface area contributed by atoms with Gasteiger partial charge in [-0.1, -0.05) is 6.07 Å². The van der Waals surface area contributed by atoms with Crippen LogP contribution in [-0.2, 0) is 4.79 Å². The quantitative estimate of drug-likeness (QED) is 0.807. The summed E-state index contributed by atoms with van der Waals surface area (Å²) in [5.74, 6) is 0.897. The third kappa shape index (κ3) is 2.55. The van der Waals surface area contributed by atoms with Gasteiger partial charge in [-0.2, -0.15) is 0 Å². The number of pyridine rings is 1. The first-order valence-electron chi connectivity index (χ1n) is 5.71. The van der Waals surface area contributed by atoms with Crippen molar-refractivity contribution in [2.45, 2.75) is 13.0 Å². The number of aromatic nitrogens is 1. The summed E-state index contributed by atoms with van der Waals surface area (Å²) in [6, 6.07) is 3.69. The third-order valence-corrected chi connectivity index (χ3v) is 3.03. The zero-order valence-corrected chi connectivity index (χ0v) is 10.1. The Hall–Kier alpha value is -1.62. The zero-order valence-electron chi connectivity index (χ0n) is 10.1. The predicted molar refractivity (Wildman–Crippen MR) is 64.7 cm³/mol. The van der Waals surface area contributed by atoms with Crippen molar-refractivity contribution in [2.24, 2.45) is 0 Å². The minimum Gasteiger partial charge on any atom is -0.389 e. The summed E-state index contributed by atoms with van der Waals surface area (Å²) < 4.78 is 0. The molecule has 92 valence electrons. The second-order valence-corrected chi connectivity index (χ2v) is 4.36. The largest absolute Gasteiger partial charge is 0.389 e. The minimum atomic E-state index is -0.509. The number of likely N-dealkylation sites (N-methyl/N-ethyl adjacent to an activating group) is 1. The third-order valence-electron chi connectivity index (χ3n) is 3.03. The number of amides is 1. The van der Waals surface area contributed by atoms with Gasteiger partial charge in [0.1, 0.15) is 5.82 Å². The molecule has 5 heteroatoms. The Kier molecular flexibility index (Phi) is 3.28. The van der Waals surface area contributed by atoms with E-state index in [4.69, 9.17) is 0 Å². The molecule has 2 rings (SSSR count). The van der Waals surface area contributed by atoms with Gasteiger partial charge >= 0.3 is 0 Å². The molecule has 0 aromatic carbocycles. The number of aliphatic hydroxyl groups excluding tert-OH is 1. The van der Waals surface area contributed by atoms with Gasteiger partial charge in [-0.15, -0.1) is 0 Å². The molecule has 1 atom stereocenters. The lowest BCUT2D eigenvalue weighted by Crippen LogP contribution is -2.48. The number of carbonyl (C=O) groups excluding carboxylic acids is 1. The highest BCUT2D eigenvalue weighted by atomic mass is 16.3. The van der Waals surface area contributed by atoms with Gasteiger partial charge in [-0.05, 0) is 18.6 Å². The summed E-state index contributed by atoms with van der Waals surface area (Å²) in [6.07, 6.45) is 1.15. The number of hydrogen-bond acceptors (Lipinski definition) is 4. The molecule has 1 fully saturated rings. The molecular formula is C12H17N3O2. The van der Waals surface area contributed by atoms with E-state index < -0.39 is 6.10 Å². The van der Waals surface area contributed by atoms with Crippen LogP contribution < -0.4 is 4.90 Å². The van der Waals surface area contributed by atoms with E-state index in [2.05, 4.69) is 4.98 Å². The number of hydrogen-bond donors (Lipinski definition) is 1. The van der Waals surface area contributed by atoms with E-state index in [-0.39, 0.29) is 5.91 Å². The number of nitrogens with zero attached hydrogens (tertiary/aromatic N) is 3. The van der Waals surface area contributed by atoms with Crippen LogP contribution in [-0.4, -0.2) is 47.6 Å².